The second-order valence-corrected chi connectivity index (χ2v) is 2.92. The maximum Gasteiger partial charge on any atom is 0.413 e. The van der Waals surface area contributed by atoms with E-state index in [0.717, 1.165) is 21.7 Å². The second kappa shape index (κ2) is 2.53. The van der Waals surface area contributed by atoms with E-state index >= 15 is 0 Å². The summed E-state index contributed by atoms with van der Waals surface area (Å²) in [6, 6.07) is 0. The molecule has 0 radical (unpaired) electrons. The first-order valence-corrected chi connectivity index (χ1v) is 3.81. The molecule has 1 heterocycles. The predicted octanol–water partition coefficient (Wildman–Crippen LogP) is 0.820. The summed E-state index contributed by atoms with van der Waals surface area (Å²) in [5, 5.41) is 5.51. The van der Waals surface area contributed by atoms with Crippen molar-refractivity contribution in [1.29, 1.82) is 0 Å². The van der Waals surface area contributed by atoms with Gasteiger partial charge in [-0.05, 0) is 11.9 Å². The van der Waals surface area contributed by atoms with Crippen molar-refractivity contribution in [2.75, 3.05) is 14.1 Å². The van der Waals surface area contributed by atoms with Crippen LogP contribution in [0.4, 0.5) is 8.78 Å². The Morgan fingerprint density at radius 3 is 2.27 bits per heavy atom. The average Bonchev–Trinajstić information content (AvgIpc) is 2.14. The van der Waals surface area contributed by atoms with Crippen LogP contribution in [-0.2, 0) is 0 Å². The van der Waals surface area contributed by atoms with E-state index in [0.29, 0.717) is 5.03 Å². The molecule has 0 atom stereocenters. The van der Waals surface area contributed by atoms with Crippen LogP contribution in [0.3, 0.4) is 0 Å². The third kappa shape index (κ3) is 1.16. The third-order valence-corrected chi connectivity index (χ3v) is 2.20. The van der Waals surface area contributed by atoms with Crippen molar-refractivity contribution in [3.05, 3.63) is 11.2 Å². The first-order valence-electron chi connectivity index (χ1n) is 2.93. The molecule has 1 aliphatic rings. The van der Waals surface area contributed by atoms with Crippen LogP contribution in [0.2, 0.25) is 0 Å². The van der Waals surface area contributed by atoms with Crippen molar-refractivity contribution < 1.29 is 8.78 Å². The molecule has 1 aliphatic heterocycles. The molecule has 0 fully saturated rings. The van der Waals surface area contributed by atoms with E-state index in [2.05, 4.69) is 0 Å². The van der Waals surface area contributed by atoms with E-state index in [1.54, 1.807) is 0 Å². The smallest absolute Gasteiger partial charge is 0.301 e. The van der Waals surface area contributed by atoms with Crippen LogP contribution in [0.5, 0.6) is 0 Å². The quantitative estimate of drug-likeness (QED) is 0.479. The summed E-state index contributed by atoms with van der Waals surface area (Å²) in [7, 11) is 2.61. The lowest BCUT2D eigenvalue weighted by Gasteiger charge is -2.26. The molecule has 3 nitrogen and oxygen atoms in total. The molecular weight excluding hydrogens is 172 g/mol. The van der Waals surface area contributed by atoms with E-state index in [1.807, 2.05) is 0 Å². The van der Waals surface area contributed by atoms with Gasteiger partial charge in [-0.3, -0.25) is 10.0 Å². The zero-order chi connectivity index (χ0) is 8.65. The number of halogens is 2. The highest BCUT2D eigenvalue weighted by Crippen LogP contribution is 2.35. The lowest BCUT2D eigenvalue weighted by molar-refractivity contribution is -0.186. The Morgan fingerprint density at radius 2 is 2.09 bits per heavy atom. The first-order chi connectivity index (χ1) is 5.00. The van der Waals surface area contributed by atoms with Gasteiger partial charge in [-0.25, -0.2) is 0 Å². The maximum absolute atomic E-state index is 12.9. The Balaban J connectivity index is 2.84. The van der Waals surface area contributed by atoms with Gasteiger partial charge >= 0.3 is 6.17 Å². The molecule has 0 saturated heterocycles. The van der Waals surface area contributed by atoms with Gasteiger partial charge in [-0.1, -0.05) is 0 Å². The average molecular weight is 181 g/mol. The third-order valence-electron chi connectivity index (χ3n) is 1.58. The van der Waals surface area contributed by atoms with Crippen molar-refractivity contribution in [3.8, 4) is 0 Å². The van der Waals surface area contributed by atoms with Crippen LogP contribution in [0, 0.1) is 0 Å². The van der Waals surface area contributed by atoms with Gasteiger partial charge in [-0.2, -0.15) is 8.78 Å². The Morgan fingerprint density at radius 1 is 1.55 bits per heavy atom. The van der Waals surface area contributed by atoms with Gasteiger partial charge in [-0.15, -0.1) is 0 Å². The van der Waals surface area contributed by atoms with Crippen LogP contribution >= 0.6 is 11.9 Å². The lowest BCUT2D eigenvalue weighted by atomic mass is 10.7. The molecular formula is C5H9F2N3S. The van der Waals surface area contributed by atoms with Crippen molar-refractivity contribution >= 4 is 11.9 Å². The van der Waals surface area contributed by atoms with E-state index in [-0.39, 0.29) is 0 Å². The van der Waals surface area contributed by atoms with Gasteiger partial charge in [0.2, 0.25) is 0 Å². The minimum atomic E-state index is -2.94. The van der Waals surface area contributed by atoms with Crippen LogP contribution in [-0.4, -0.2) is 30.1 Å². The molecule has 0 aromatic heterocycles. The molecule has 0 aromatic carbocycles. The molecule has 2 N–H and O–H groups in total. The molecule has 0 aliphatic carbocycles. The van der Waals surface area contributed by atoms with Gasteiger partial charge in [0.15, 0.2) is 0 Å². The molecule has 0 amide bonds. The van der Waals surface area contributed by atoms with Crippen LogP contribution < -0.4 is 5.14 Å². The van der Waals surface area contributed by atoms with Crippen molar-refractivity contribution in [3.63, 3.8) is 0 Å². The monoisotopic (exact) mass is 181 g/mol. The summed E-state index contributed by atoms with van der Waals surface area (Å²) >= 11 is 0.812. The summed E-state index contributed by atoms with van der Waals surface area (Å²) in [5.74, 6) is 0. The van der Waals surface area contributed by atoms with Crippen molar-refractivity contribution in [1.82, 2.24) is 9.80 Å². The normalized spacial score (nSPS) is 22.5. The number of hydrogen-bond donors (Lipinski definition) is 1. The zero-order valence-electron chi connectivity index (χ0n) is 6.21. The number of nitrogens with zero attached hydrogens (tertiary/aromatic N) is 2. The summed E-state index contributed by atoms with van der Waals surface area (Å²) in [6.45, 7) is 0. The standard InChI is InChI=1S/C5H9F2N3S/c1-9-3-4(11-8)10(2)5(9,6)7/h3H,8H2,1-2H3. The molecule has 11 heavy (non-hydrogen) atoms. The van der Waals surface area contributed by atoms with Gasteiger partial charge in [0.25, 0.3) is 0 Å². The van der Waals surface area contributed by atoms with Gasteiger partial charge in [0.1, 0.15) is 5.03 Å². The number of hydrogen-bond acceptors (Lipinski definition) is 4. The van der Waals surface area contributed by atoms with Crippen LogP contribution in [0.15, 0.2) is 11.2 Å². The molecule has 6 heteroatoms. The molecule has 0 aromatic rings. The molecule has 0 unspecified atom stereocenters. The summed E-state index contributed by atoms with van der Waals surface area (Å²) in [4.78, 5) is 1.65. The number of rotatable bonds is 1. The minimum Gasteiger partial charge on any atom is -0.301 e. The highest BCUT2D eigenvalue weighted by Gasteiger charge is 2.44. The highest BCUT2D eigenvalue weighted by atomic mass is 32.2. The Hall–Kier alpha value is -0.490. The SMILES string of the molecule is CN1C=C(SN)N(C)C1(F)F. The largest absolute Gasteiger partial charge is 0.413 e. The molecule has 0 bridgehead atoms. The van der Waals surface area contributed by atoms with Gasteiger partial charge in [0, 0.05) is 20.3 Å². The second-order valence-electron chi connectivity index (χ2n) is 2.26. The minimum absolute atomic E-state index is 0.359. The first kappa shape index (κ1) is 8.61. The van der Waals surface area contributed by atoms with Gasteiger partial charge < -0.3 is 4.90 Å². The number of nitrogens with two attached hydrogens (primary N) is 1. The Bertz CT molecular complexity index is 194. The Kier molecular flexibility index (Phi) is 1.98. The van der Waals surface area contributed by atoms with E-state index in [4.69, 9.17) is 5.14 Å². The van der Waals surface area contributed by atoms with Crippen molar-refractivity contribution in [2.24, 2.45) is 5.14 Å². The van der Waals surface area contributed by atoms with E-state index in [9.17, 15) is 8.78 Å². The molecule has 0 spiro atoms. The number of alkyl halides is 2. The lowest BCUT2D eigenvalue weighted by Crippen LogP contribution is -2.42. The highest BCUT2D eigenvalue weighted by molar-refractivity contribution is 8.00. The summed E-state index contributed by atoms with van der Waals surface area (Å²) in [6.07, 6.45) is -1.63. The van der Waals surface area contributed by atoms with Crippen molar-refractivity contribution in [2.45, 2.75) is 6.17 Å². The fourth-order valence-corrected chi connectivity index (χ4v) is 1.30. The molecule has 64 valence electrons. The van der Waals surface area contributed by atoms with Gasteiger partial charge in [0.05, 0.1) is 0 Å². The predicted molar refractivity (Wildman–Crippen MR) is 40.3 cm³/mol. The molecule has 0 saturated carbocycles. The summed E-state index contributed by atoms with van der Waals surface area (Å²) < 4.78 is 25.8. The fraction of sp³-hybridized carbons (Fsp3) is 0.600. The summed E-state index contributed by atoms with van der Waals surface area (Å²) in [5.41, 5.74) is 0. The maximum atomic E-state index is 12.9. The zero-order valence-corrected chi connectivity index (χ0v) is 7.03. The van der Waals surface area contributed by atoms with Crippen LogP contribution in [0.1, 0.15) is 0 Å². The fourth-order valence-electron chi connectivity index (χ4n) is 0.809. The van der Waals surface area contributed by atoms with Crippen LogP contribution in [0.25, 0.3) is 0 Å². The Labute approximate surface area is 68.0 Å². The molecule has 1 rings (SSSR count). The van der Waals surface area contributed by atoms with E-state index < -0.39 is 6.17 Å². The van der Waals surface area contributed by atoms with E-state index in [1.165, 1.54) is 20.3 Å². The topological polar surface area (TPSA) is 32.5 Å².